The van der Waals surface area contributed by atoms with E-state index in [1.165, 1.54) is 5.56 Å². The van der Waals surface area contributed by atoms with Crippen LogP contribution in [-0.2, 0) is 11.3 Å². The van der Waals surface area contributed by atoms with Gasteiger partial charge in [0.2, 0.25) is 5.91 Å². The van der Waals surface area contributed by atoms with E-state index in [1.54, 1.807) is 35.5 Å². The molecule has 2 aliphatic rings. The van der Waals surface area contributed by atoms with E-state index in [0.717, 1.165) is 30.1 Å². The number of nitrogens with zero attached hydrogens (tertiary/aromatic N) is 4. The van der Waals surface area contributed by atoms with Crippen molar-refractivity contribution in [3.63, 3.8) is 0 Å². The average Bonchev–Trinajstić information content (AvgIpc) is 2.93. The summed E-state index contributed by atoms with van der Waals surface area (Å²) in [5.74, 6) is -0.951. The molecule has 0 saturated carbocycles. The Kier molecular flexibility index (Phi) is 4.92. The van der Waals surface area contributed by atoms with Gasteiger partial charge in [-0.1, -0.05) is 11.6 Å². The van der Waals surface area contributed by atoms with Crippen molar-refractivity contribution in [2.45, 2.75) is 13.5 Å². The molecule has 7 heteroatoms. The van der Waals surface area contributed by atoms with E-state index >= 15 is 0 Å². The van der Waals surface area contributed by atoms with E-state index < -0.39 is 0 Å². The maximum Gasteiger partial charge on any atom is 0.262 e. The van der Waals surface area contributed by atoms with Gasteiger partial charge in [0.15, 0.2) is 0 Å². The van der Waals surface area contributed by atoms with E-state index in [2.05, 4.69) is 9.88 Å². The molecule has 2 aromatic rings. The van der Waals surface area contributed by atoms with Gasteiger partial charge in [-0.3, -0.25) is 29.2 Å². The normalized spacial score (nSPS) is 17.2. The first-order valence-electron chi connectivity index (χ1n) is 9.39. The van der Waals surface area contributed by atoms with Crippen LogP contribution in [0.3, 0.4) is 0 Å². The van der Waals surface area contributed by atoms with E-state index in [9.17, 15) is 14.4 Å². The Morgan fingerprint density at radius 3 is 2.36 bits per heavy atom. The van der Waals surface area contributed by atoms with Gasteiger partial charge in [0, 0.05) is 45.1 Å². The molecular formula is C21H22N4O3. The number of aromatic nitrogens is 1. The summed E-state index contributed by atoms with van der Waals surface area (Å²) in [6.07, 6.45) is 3.55. The minimum Gasteiger partial charge on any atom is -0.339 e. The number of carbonyl (C=O) groups excluding carboxylic acids is 3. The second-order valence-electron chi connectivity index (χ2n) is 7.26. The number of pyridine rings is 1. The number of hydrogen-bond acceptors (Lipinski definition) is 5. The molecule has 1 aromatic heterocycles. The number of benzene rings is 1. The first-order valence-corrected chi connectivity index (χ1v) is 9.39. The first-order chi connectivity index (χ1) is 13.5. The largest absolute Gasteiger partial charge is 0.339 e. The van der Waals surface area contributed by atoms with Crippen molar-refractivity contribution in [1.82, 2.24) is 19.7 Å². The predicted octanol–water partition coefficient (Wildman–Crippen LogP) is 1.33. The maximum atomic E-state index is 12.7. The summed E-state index contributed by atoms with van der Waals surface area (Å²) in [5.41, 5.74) is 2.88. The van der Waals surface area contributed by atoms with Gasteiger partial charge >= 0.3 is 0 Å². The zero-order valence-corrected chi connectivity index (χ0v) is 15.8. The van der Waals surface area contributed by atoms with Crippen molar-refractivity contribution in [1.29, 1.82) is 0 Å². The summed E-state index contributed by atoms with van der Waals surface area (Å²) in [4.78, 5) is 46.9. The minimum absolute atomic E-state index is 0.185. The summed E-state index contributed by atoms with van der Waals surface area (Å²) in [7, 11) is 0. The molecular weight excluding hydrogens is 356 g/mol. The summed E-state index contributed by atoms with van der Waals surface area (Å²) < 4.78 is 0. The number of hydrogen-bond donors (Lipinski definition) is 0. The minimum atomic E-state index is -0.385. The van der Waals surface area contributed by atoms with Gasteiger partial charge in [0.25, 0.3) is 11.8 Å². The lowest BCUT2D eigenvalue weighted by Gasteiger charge is -2.35. The predicted molar refractivity (Wildman–Crippen MR) is 103 cm³/mol. The van der Waals surface area contributed by atoms with Gasteiger partial charge in [-0.15, -0.1) is 0 Å². The molecule has 0 N–H and O–H groups in total. The molecule has 3 amide bonds. The van der Waals surface area contributed by atoms with Crippen LogP contribution >= 0.6 is 0 Å². The van der Waals surface area contributed by atoms with E-state index in [1.807, 2.05) is 19.1 Å². The summed E-state index contributed by atoms with van der Waals surface area (Å²) in [5, 5.41) is 0. The molecule has 0 bridgehead atoms. The molecule has 1 saturated heterocycles. The fourth-order valence-corrected chi connectivity index (χ4v) is 3.69. The Hall–Kier alpha value is -3.06. The number of rotatable bonds is 4. The van der Waals surface area contributed by atoms with Crippen molar-refractivity contribution in [3.8, 4) is 0 Å². The molecule has 7 nitrogen and oxygen atoms in total. The highest BCUT2D eigenvalue weighted by Gasteiger charge is 2.37. The SMILES string of the molecule is Cc1ccc2c(c1)C(=O)N(CC(=O)N1CCN(Cc3ccncc3)CC1)C2=O. The van der Waals surface area contributed by atoms with Crippen molar-refractivity contribution in [2.24, 2.45) is 0 Å². The molecule has 1 fully saturated rings. The van der Waals surface area contributed by atoms with Gasteiger partial charge < -0.3 is 4.90 Å². The van der Waals surface area contributed by atoms with E-state index in [0.29, 0.717) is 24.2 Å². The number of aryl methyl sites for hydroxylation is 1. The lowest BCUT2D eigenvalue weighted by Crippen LogP contribution is -2.51. The van der Waals surface area contributed by atoms with Crippen LogP contribution < -0.4 is 0 Å². The molecule has 0 atom stereocenters. The Labute approximate surface area is 163 Å². The molecule has 0 aliphatic carbocycles. The molecule has 3 heterocycles. The Balaban J connectivity index is 1.34. The molecule has 0 radical (unpaired) electrons. The number of fused-ring (bicyclic) bond motifs is 1. The molecule has 28 heavy (non-hydrogen) atoms. The van der Waals surface area contributed by atoms with Gasteiger partial charge in [-0.2, -0.15) is 0 Å². The maximum absolute atomic E-state index is 12.7. The highest BCUT2D eigenvalue weighted by molar-refractivity contribution is 6.22. The average molecular weight is 378 g/mol. The van der Waals surface area contributed by atoms with Crippen LogP contribution in [0, 0.1) is 6.92 Å². The highest BCUT2D eigenvalue weighted by atomic mass is 16.2. The number of imide groups is 1. The zero-order valence-electron chi connectivity index (χ0n) is 15.8. The third-order valence-electron chi connectivity index (χ3n) is 5.30. The number of piperazine rings is 1. The Morgan fingerprint density at radius 1 is 0.964 bits per heavy atom. The smallest absolute Gasteiger partial charge is 0.262 e. The van der Waals surface area contributed by atoms with E-state index in [4.69, 9.17) is 0 Å². The quantitative estimate of drug-likeness (QED) is 0.751. The van der Waals surface area contributed by atoms with Gasteiger partial charge in [0.05, 0.1) is 11.1 Å². The van der Waals surface area contributed by atoms with Crippen LogP contribution in [0.25, 0.3) is 0 Å². The van der Waals surface area contributed by atoms with Gasteiger partial charge in [-0.25, -0.2) is 0 Å². The number of amides is 3. The second kappa shape index (κ2) is 7.52. The van der Waals surface area contributed by atoms with Crippen LogP contribution in [-0.4, -0.2) is 70.1 Å². The molecule has 0 spiro atoms. The first kappa shape index (κ1) is 18.3. The van der Waals surface area contributed by atoms with Crippen LogP contribution in [0.15, 0.2) is 42.7 Å². The molecule has 144 valence electrons. The lowest BCUT2D eigenvalue weighted by molar-refractivity contribution is -0.133. The number of carbonyl (C=O) groups is 3. The van der Waals surface area contributed by atoms with Gasteiger partial charge in [-0.05, 0) is 36.8 Å². The molecule has 2 aliphatic heterocycles. The fraction of sp³-hybridized carbons (Fsp3) is 0.333. The second-order valence-corrected chi connectivity index (χ2v) is 7.26. The van der Waals surface area contributed by atoms with Crippen molar-refractivity contribution in [2.75, 3.05) is 32.7 Å². The standard InChI is InChI=1S/C21H22N4O3/c1-15-2-3-17-18(12-15)21(28)25(20(17)27)14-19(26)24-10-8-23(9-11-24)13-16-4-6-22-7-5-16/h2-7,12H,8-11,13-14H2,1H3. The van der Waals surface area contributed by atoms with Gasteiger partial charge in [0.1, 0.15) is 6.54 Å². The lowest BCUT2D eigenvalue weighted by atomic mass is 10.1. The highest BCUT2D eigenvalue weighted by Crippen LogP contribution is 2.24. The zero-order chi connectivity index (χ0) is 19.7. The summed E-state index contributed by atoms with van der Waals surface area (Å²) in [6.45, 7) is 5.19. The molecule has 4 rings (SSSR count). The summed E-state index contributed by atoms with van der Waals surface area (Å²) >= 11 is 0. The van der Waals surface area contributed by atoms with E-state index in [-0.39, 0.29) is 24.3 Å². The van der Waals surface area contributed by atoms with Crippen molar-refractivity contribution >= 4 is 17.7 Å². The van der Waals surface area contributed by atoms with Crippen LogP contribution in [0.1, 0.15) is 31.8 Å². The Morgan fingerprint density at radius 2 is 1.64 bits per heavy atom. The van der Waals surface area contributed by atoms with Crippen molar-refractivity contribution in [3.05, 3.63) is 65.0 Å². The monoisotopic (exact) mass is 378 g/mol. The van der Waals surface area contributed by atoms with Crippen molar-refractivity contribution < 1.29 is 14.4 Å². The third-order valence-corrected chi connectivity index (χ3v) is 5.30. The van der Waals surface area contributed by atoms with Crippen LogP contribution in [0.5, 0.6) is 0 Å². The fourth-order valence-electron chi connectivity index (χ4n) is 3.69. The van der Waals surface area contributed by atoms with Crippen LogP contribution in [0.4, 0.5) is 0 Å². The Bertz CT molecular complexity index is 921. The molecule has 1 aromatic carbocycles. The molecule has 0 unspecified atom stereocenters. The topological polar surface area (TPSA) is 73.8 Å². The van der Waals surface area contributed by atoms with Crippen LogP contribution in [0.2, 0.25) is 0 Å². The third kappa shape index (κ3) is 3.53. The summed E-state index contributed by atoms with van der Waals surface area (Å²) in [6, 6.07) is 9.14.